The van der Waals surface area contributed by atoms with Crippen LogP contribution in [0.3, 0.4) is 0 Å². The van der Waals surface area contributed by atoms with E-state index in [4.69, 9.17) is 19.3 Å². The zero-order chi connectivity index (χ0) is 13.0. The summed E-state index contributed by atoms with van der Waals surface area (Å²) in [5, 5.41) is 9.04. The van der Waals surface area contributed by atoms with Crippen LogP contribution in [0.15, 0.2) is 42.2 Å². The zero-order valence-electron chi connectivity index (χ0n) is 9.96. The molecule has 96 valence electrons. The van der Waals surface area contributed by atoms with Crippen molar-refractivity contribution in [3.8, 4) is 5.75 Å². The van der Waals surface area contributed by atoms with Crippen LogP contribution in [0.25, 0.3) is 0 Å². The van der Waals surface area contributed by atoms with Crippen LogP contribution in [0.1, 0.15) is 6.42 Å². The quantitative estimate of drug-likeness (QED) is 0.863. The van der Waals surface area contributed by atoms with Crippen LogP contribution in [0.2, 0.25) is 0 Å². The Bertz CT molecular complexity index is 454. The summed E-state index contributed by atoms with van der Waals surface area (Å²) in [5.41, 5.74) is 0. The van der Waals surface area contributed by atoms with Gasteiger partial charge in [0.15, 0.2) is 0 Å². The number of benzene rings is 1. The fourth-order valence-corrected chi connectivity index (χ4v) is 1.65. The number of ether oxygens (including phenoxy) is 3. The number of carboxylic acid groups (broad SMARTS) is 1. The van der Waals surface area contributed by atoms with E-state index in [2.05, 4.69) is 0 Å². The van der Waals surface area contributed by atoms with Gasteiger partial charge in [-0.05, 0) is 18.2 Å². The van der Waals surface area contributed by atoms with Crippen LogP contribution < -0.4 is 4.74 Å². The summed E-state index contributed by atoms with van der Waals surface area (Å²) >= 11 is 0. The summed E-state index contributed by atoms with van der Waals surface area (Å²) in [4.78, 5) is 11.1. The first kappa shape index (κ1) is 12.4. The number of rotatable bonds is 5. The van der Waals surface area contributed by atoms with Gasteiger partial charge in [0.05, 0.1) is 0 Å². The topological polar surface area (TPSA) is 65.0 Å². The van der Waals surface area contributed by atoms with Crippen molar-refractivity contribution in [2.24, 2.45) is 0 Å². The van der Waals surface area contributed by atoms with E-state index in [9.17, 15) is 4.79 Å². The van der Waals surface area contributed by atoms with Crippen molar-refractivity contribution < 1.29 is 24.1 Å². The van der Waals surface area contributed by atoms with Crippen molar-refractivity contribution in [1.29, 1.82) is 0 Å². The zero-order valence-corrected chi connectivity index (χ0v) is 9.96. The first-order chi connectivity index (χ1) is 8.66. The Kier molecular flexibility index (Phi) is 3.53. The smallest absolute Gasteiger partial charge is 0.377 e. The molecule has 0 unspecified atom stereocenters. The third-order valence-electron chi connectivity index (χ3n) is 2.67. The number of hydrogen-bond acceptors (Lipinski definition) is 4. The number of carboxylic acids is 1. The highest BCUT2D eigenvalue weighted by Crippen LogP contribution is 2.29. The number of methoxy groups -OCH3 is 1. The van der Waals surface area contributed by atoms with E-state index >= 15 is 0 Å². The molecule has 0 radical (unpaired) electrons. The minimum atomic E-state index is -1.60. The largest absolute Gasteiger partial charge is 0.486 e. The monoisotopic (exact) mass is 250 g/mol. The maximum absolute atomic E-state index is 11.1. The van der Waals surface area contributed by atoms with Gasteiger partial charge in [-0.3, -0.25) is 0 Å². The molecule has 1 aliphatic rings. The average molecular weight is 250 g/mol. The van der Waals surface area contributed by atoms with Crippen molar-refractivity contribution in [2.45, 2.75) is 12.2 Å². The predicted octanol–water partition coefficient (Wildman–Crippen LogP) is 1.80. The van der Waals surface area contributed by atoms with E-state index in [-0.39, 0.29) is 13.0 Å². The van der Waals surface area contributed by atoms with Crippen molar-refractivity contribution in [1.82, 2.24) is 0 Å². The molecule has 1 N–H and O–H groups in total. The molecule has 0 aliphatic carbocycles. The molecule has 5 nitrogen and oxygen atoms in total. The summed E-state index contributed by atoms with van der Waals surface area (Å²) < 4.78 is 15.7. The van der Waals surface area contributed by atoms with Crippen molar-refractivity contribution in [3.63, 3.8) is 0 Å². The molecule has 2 rings (SSSR count). The maximum Gasteiger partial charge on any atom is 0.377 e. The van der Waals surface area contributed by atoms with Crippen LogP contribution in [0.5, 0.6) is 5.75 Å². The fraction of sp³-hybridized carbons (Fsp3) is 0.308. The third kappa shape index (κ3) is 2.46. The Morgan fingerprint density at radius 1 is 1.44 bits per heavy atom. The molecule has 0 fully saturated rings. The number of hydrogen-bond donors (Lipinski definition) is 1. The number of carbonyl (C=O) groups is 1. The van der Waals surface area contributed by atoms with Gasteiger partial charge in [-0.25, -0.2) is 4.79 Å². The lowest BCUT2D eigenvalue weighted by molar-refractivity contribution is -0.213. The minimum absolute atomic E-state index is 0.173. The van der Waals surface area contributed by atoms with Crippen molar-refractivity contribution >= 4 is 5.97 Å². The summed E-state index contributed by atoms with van der Waals surface area (Å²) in [6, 6.07) is 9.23. The second kappa shape index (κ2) is 5.10. The highest BCUT2D eigenvalue weighted by molar-refractivity contribution is 5.76. The number of aliphatic carboxylic acids is 1. The average Bonchev–Trinajstić information content (AvgIpc) is 2.83. The molecule has 0 aromatic heterocycles. The standard InChI is InChI=1S/C13H14O5/c1-16-13(12(14)15)8-7-11(18-13)9-17-10-5-3-2-4-6-10/h2-7H,8-9H2,1H3,(H,14,15)/t13-/m1/s1. The Labute approximate surface area is 105 Å². The SMILES string of the molecule is CO[C@]1(C(=O)O)CC=C(COc2ccccc2)O1. The lowest BCUT2D eigenvalue weighted by Gasteiger charge is -2.23. The first-order valence-electron chi connectivity index (χ1n) is 5.51. The summed E-state index contributed by atoms with van der Waals surface area (Å²) in [5.74, 6) is -1.58. The van der Waals surface area contributed by atoms with Gasteiger partial charge >= 0.3 is 11.8 Å². The van der Waals surface area contributed by atoms with Gasteiger partial charge in [0.1, 0.15) is 18.1 Å². The van der Waals surface area contributed by atoms with E-state index in [0.29, 0.717) is 11.5 Å². The molecule has 1 aromatic rings. The van der Waals surface area contributed by atoms with E-state index in [1.807, 2.05) is 30.3 Å². The molecule has 18 heavy (non-hydrogen) atoms. The van der Waals surface area contributed by atoms with Crippen LogP contribution >= 0.6 is 0 Å². The Balaban J connectivity index is 1.92. The highest BCUT2D eigenvalue weighted by atomic mass is 16.7. The molecule has 0 amide bonds. The fourth-order valence-electron chi connectivity index (χ4n) is 1.65. The second-order valence-electron chi connectivity index (χ2n) is 3.84. The Morgan fingerprint density at radius 2 is 2.17 bits per heavy atom. The minimum Gasteiger partial charge on any atom is -0.486 e. The van der Waals surface area contributed by atoms with Gasteiger partial charge in [-0.2, -0.15) is 0 Å². The molecule has 1 atom stereocenters. The van der Waals surface area contributed by atoms with Gasteiger partial charge in [0.25, 0.3) is 0 Å². The lowest BCUT2D eigenvalue weighted by Crippen LogP contribution is -2.40. The van der Waals surface area contributed by atoms with Crippen LogP contribution in [0.4, 0.5) is 0 Å². The maximum atomic E-state index is 11.1. The summed E-state index contributed by atoms with van der Waals surface area (Å²) in [6.07, 6.45) is 1.84. The summed E-state index contributed by atoms with van der Waals surface area (Å²) in [6.45, 7) is 0.183. The number of para-hydroxylation sites is 1. The van der Waals surface area contributed by atoms with Gasteiger partial charge in [-0.15, -0.1) is 0 Å². The molecule has 0 saturated carbocycles. The van der Waals surface area contributed by atoms with Gasteiger partial charge in [-0.1, -0.05) is 18.2 Å². The van der Waals surface area contributed by atoms with E-state index in [1.54, 1.807) is 6.08 Å². The molecule has 0 saturated heterocycles. The molecular weight excluding hydrogens is 236 g/mol. The van der Waals surface area contributed by atoms with E-state index in [1.165, 1.54) is 7.11 Å². The Hall–Kier alpha value is -2.01. The van der Waals surface area contributed by atoms with E-state index < -0.39 is 11.8 Å². The van der Waals surface area contributed by atoms with Gasteiger partial charge in [0.2, 0.25) is 0 Å². The molecule has 5 heteroatoms. The molecule has 0 spiro atoms. The van der Waals surface area contributed by atoms with E-state index in [0.717, 1.165) is 0 Å². The Morgan fingerprint density at radius 3 is 2.72 bits per heavy atom. The first-order valence-corrected chi connectivity index (χ1v) is 5.51. The highest BCUT2D eigenvalue weighted by Gasteiger charge is 2.45. The molecule has 1 heterocycles. The van der Waals surface area contributed by atoms with Crippen molar-refractivity contribution in [3.05, 3.63) is 42.2 Å². The molecule has 1 aromatic carbocycles. The van der Waals surface area contributed by atoms with Crippen LogP contribution in [-0.2, 0) is 14.3 Å². The van der Waals surface area contributed by atoms with Crippen molar-refractivity contribution in [2.75, 3.05) is 13.7 Å². The summed E-state index contributed by atoms with van der Waals surface area (Å²) in [7, 11) is 1.31. The van der Waals surface area contributed by atoms with Crippen LogP contribution in [0, 0.1) is 0 Å². The molecular formula is C13H14O5. The van der Waals surface area contributed by atoms with Crippen LogP contribution in [-0.4, -0.2) is 30.6 Å². The normalized spacial score (nSPS) is 22.2. The van der Waals surface area contributed by atoms with Gasteiger partial charge in [0, 0.05) is 13.5 Å². The third-order valence-corrected chi connectivity index (χ3v) is 2.67. The van der Waals surface area contributed by atoms with Gasteiger partial charge < -0.3 is 19.3 Å². The molecule has 0 bridgehead atoms. The predicted molar refractivity (Wildman–Crippen MR) is 63.1 cm³/mol. The lowest BCUT2D eigenvalue weighted by atomic mass is 10.2. The second-order valence-corrected chi connectivity index (χ2v) is 3.84. The molecule has 1 aliphatic heterocycles.